The van der Waals surface area contributed by atoms with Gasteiger partial charge in [-0.2, -0.15) is 13.1 Å². The van der Waals surface area contributed by atoms with E-state index in [9.17, 15) is 23.7 Å². The first kappa shape index (κ1) is 13.7. The lowest BCUT2D eigenvalue weighted by Gasteiger charge is -2.39. The van der Waals surface area contributed by atoms with Gasteiger partial charge in [-0.15, -0.1) is 0 Å². The van der Waals surface area contributed by atoms with Gasteiger partial charge in [-0.1, -0.05) is 0 Å². The van der Waals surface area contributed by atoms with E-state index >= 15 is 0 Å². The molecule has 1 heterocycles. The van der Waals surface area contributed by atoms with Crippen LogP contribution in [0.1, 0.15) is 0 Å². The van der Waals surface area contributed by atoms with Crippen LogP contribution in [-0.2, 0) is 15.0 Å². The van der Waals surface area contributed by atoms with Gasteiger partial charge in [0.25, 0.3) is 0 Å². The minimum Gasteiger partial charge on any atom is -0.394 e. The summed E-state index contributed by atoms with van der Waals surface area (Å²) in [5.74, 6) is 0. The summed E-state index contributed by atoms with van der Waals surface area (Å²) >= 11 is 0. The van der Waals surface area contributed by atoms with Gasteiger partial charge in [-0.05, 0) is 0 Å². The minimum atomic E-state index is -4.66. The largest absolute Gasteiger partial charge is 0.394 e. The Hall–Kier alpha value is -0.330. The fourth-order valence-electron chi connectivity index (χ4n) is 1.40. The normalized spacial score (nSPS) is 40.9. The molecule has 0 aromatic heterocycles. The minimum absolute atomic E-state index is 0.659. The summed E-state index contributed by atoms with van der Waals surface area (Å²) in [5, 5.41) is 36.8. The van der Waals surface area contributed by atoms with E-state index in [0.29, 0.717) is 0 Å². The number of aliphatic hydroxyl groups is 4. The molecule has 1 fully saturated rings. The van der Waals surface area contributed by atoms with Gasteiger partial charge < -0.3 is 25.2 Å². The summed E-state index contributed by atoms with van der Waals surface area (Å²) in [4.78, 5) is 0. The van der Waals surface area contributed by atoms with Gasteiger partial charge in [0.1, 0.15) is 24.4 Å². The molecule has 0 amide bonds. The van der Waals surface area contributed by atoms with Crippen LogP contribution in [0.25, 0.3) is 0 Å². The molecule has 9 nitrogen and oxygen atoms in total. The summed E-state index contributed by atoms with van der Waals surface area (Å²) in [5.41, 5.74) is 0. The molecule has 1 aliphatic rings. The summed E-state index contributed by atoms with van der Waals surface area (Å²) in [7, 11) is -4.66. The smallest absolute Gasteiger partial charge is 0.333 e. The first-order valence-electron chi connectivity index (χ1n) is 4.31. The van der Waals surface area contributed by atoms with Crippen LogP contribution in [0, 0.1) is 0 Å². The number of rotatable bonds is 3. The number of aliphatic hydroxyl groups excluding tert-OH is 4. The fourth-order valence-corrected chi connectivity index (χ4v) is 2.00. The highest BCUT2D eigenvalue weighted by molar-refractivity contribution is 7.83. The van der Waals surface area contributed by atoms with Crippen LogP contribution in [0.5, 0.6) is 0 Å². The Kier molecular flexibility index (Phi) is 4.20. The zero-order chi connectivity index (χ0) is 12.5. The Morgan fingerprint density at radius 2 is 1.75 bits per heavy atom. The van der Waals surface area contributed by atoms with Crippen molar-refractivity contribution in [1.29, 1.82) is 0 Å². The maximum Gasteiger partial charge on any atom is 0.333 e. The molecule has 10 heteroatoms. The lowest BCUT2D eigenvalue weighted by atomic mass is 9.98. The molecule has 0 saturated carbocycles. The van der Waals surface area contributed by atoms with Gasteiger partial charge in [-0.3, -0.25) is 4.55 Å². The molecular formula is C6H13NO8S. The van der Waals surface area contributed by atoms with Crippen molar-refractivity contribution in [3.63, 3.8) is 0 Å². The molecule has 0 aromatic rings. The molecule has 96 valence electrons. The first-order valence-corrected chi connectivity index (χ1v) is 5.75. The number of ether oxygens (including phenoxy) is 1. The average Bonchev–Trinajstić information content (AvgIpc) is 2.17. The first-order chi connectivity index (χ1) is 7.26. The van der Waals surface area contributed by atoms with E-state index in [0.717, 1.165) is 0 Å². The second-order valence-corrected chi connectivity index (χ2v) is 4.53. The zero-order valence-corrected chi connectivity index (χ0v) is 8.78. The molecule has 0 aromatic carbocycles. The number of hydrogen-bond donors (Lipinski definition) is 6. The van der Waals surface area contributed by atoms with E-state index in [-0.39, 0.29) is 0 Å². The van der Waals surface area contributed by atoms with Crippen LogP contribution in [-0.4, -0.2) is 70.6 Å². The summed E-state index contributed by atoms with van der Waals surface area (Å²) in [6, 6.07) is -1.62. The van der Waals surface area contributed by atoms with Gasteiger partial charge in [0.2, 0.25) is 0 Å². The van der Waals surface area contributed by atoms with Crippen molar-refractivity contribution in [3.8, 4) is 0 Å². The lowest BCUT2D eigenvalue weighted by molar-refractivity contribution is -0.251. The van der Waals surface area contributed by atoms with E-state index in [4.69, 9.17) is 9.66 Å². The third-order valence-electron chi connectivity index (χ3n) is 2.19. The third-order valence-corrected chi connectivity index (χ3v) is 2.76. The van der Waals surface area contributed by atoms with E-state index in [2.05, 4.69) is 4.74 Å². The maximum absolute atomic E-state index is 10.5. The van der Waals surface area contributed by atoms with Crippen LogP contribution >= 0.6 is 0 Å². The highest BCUT2D eigenvalue weighted by atomic mass is 32.2. The van der Waals surface area contributed by atoms with Crippen molar-refractivity contribution in [2.24, 2.45) is 0 Å². The summed E-state index contributed by atoms with van der Waals surface area (Å²) in [6.07, 6.45) is -6.34. The third kappa shape index (κ3) is 3.09. The van der Waals surface area contributed by atoms with E-state index in [1.807, 2.05) is 0 Å². The van der Waals surface area contributed by atoms with Crippen LogP contribution in [0.4, 0.5) is 0 Å². The van der Waals surface area contributed by atoms with Crippen LogP contribution in [0.3, 0.4) is 0 Å². The SMILES string of the molecule is O=S(=O)(O)N[C@@H]1[C@@H](O)[C@H](O)[C@@H](CO)O[C@@H]1O. The van der Waals surface area contributed by atoms with Crippen molar-refractivity contribution in [2.75, 3.05) is 6.61 Å². The van der Waals surface area contributed by atoms with Crippen LogP contribution in [0.15, 0.2) is 0 Å². The van der Waals surface area contributed by atoms with Crippen molar-refractivity contribution >= 4 is 10.3 Å². The molecule has 1 rings (SSSR count). The molecule has 1 saturated heterocycles. The Bertz CT molecular complexity index is 331. The zero-order valence-electron chi connectivity index (χ0n) is 7.96. The molecule has 0 bridgehead atoms. The molecule has 1 aliphatic heterocycles. The Balaban J connectivity index is 2.80. The topological polar surface area (TPSA) is 157 Å². The lowest BCUT2D eigenvalue weighted by Crippen LogP contribution is -2.64. The van der Waals surface area contributed by atoms with Gasteiger partial charge in [0.05, 0.1) is 6.61 Å². The number of nitrogens with one attached hydrogen (secondary N) is 1. The number of hydrogen-bond acceptors (Lipinski definition) is 7. The van der Waals surface area contributed by atoms with Gasteiger partial charge in [0.15, 0.2) is 6.29 Å². The quantitative estimate of drug-likeness (QED) is 0.281. The Labute approximate surface area is 91.2 Å². The van der Waals surface area contributed by atoms with Crippen molar-refractivity contribution in [3.05, 3.63) is 0 Å². The maximum atomic E-state index is 10.5. The molecule has 0 radical (unpaired) electrons. The fraction of sp³-hybridized carbons (Fsp3) is 1.00. The van der Waals surface area contributed by atoms with Crippen molar-refractivity contribution in [2.45, 2.75) is 30.6 Å². The summed E-state index contributed by atoms with van der Waals surface area (Å²) < 4.78 is 35.6. The summed E-state index contributed by atoms with van der Waals surface area (Å²) in [6.45, 7) is -0.659. The predicted octanol–water partition coefficient (Wildman–Crippen LogP) is -3.82. The molecule has 0 unspecified atom stereocenters. The monoisotopic (exact) mass is 259 g/mol. The second-order valence-electron chi connectivity index (χ2n) is 3.35. The predicted molar refractivity (Wildman–Crippen MR) is 48.5 cm³/mol. The van der Waals surface area contributed by atoms with Crippen molar-refractivity contribution in [1.82, 2.24) is 4.72 Å². The Morgan fingerprint density at radius 3 is 2.19 bits per heavy atom. The van der Waals surface area contributed by atoms with E-state index in [1.165, 1.54) is 4.72 Å². The van der Waals surface area contributed by atoms with Gasteiger partial charge >= 0.3 is 10.3 Å². The average molecular weight is 259 g/mol. The van der Waals surface area contributed by atoms with Crippen LogP contribution in [0.2, 0.25) is 0 Å². The van der Waals surface area contributed by atoms with Crippen molar-refractivity contribution < 1.29 is 38.1 Å². The highest BCUT2D eigenvalue weighted by Crippen LogP contribution is 2.19. The van der Waals surface area contributed by atoms with E-state index in [1.54, 1.807) is 0 Å². The molecule has 0 spiro atoms. The standard InChI is InChI=1S/C6H13NO8S/c8-1-2-4(9)5(10)3(6(11)15-2)7-16(12,13)14/h2-11H,1H2,(H,12,13,14)/t2-,3-,4-,5-,6+/m1/s1. The van der Waals surface area contributed by atoms with E-state index < -0.39 is 47.6 Å². The molecule has 5 atom stereocenters. The Morgan fingerprint density at radius 1 is 1.19 bits per heavy atom. The van der Waals surface area contributed by atoms with Gasteiger partial charge in [-0.25, -0.2) is 0 Å². The highest BCUT2D eigenvalue weighted by Gasteiger charge is 2.44. The van der Waals surface area contributed by atoms with Gasteiger partial charge in [0, 0.05) is 0 Å². The molecular weight excluding hydrogens is 246 g/mol. The molecule has 6 N–H and O–H groups in total. The second kappa shape index (κ2) is 4.89. The van der Waals surface area contributed by atoms with Crippen LogP contribution < -0.4 is 4.72 Å². The molecule has 16 heavy (non-hydrogen) atoms. The molecule has 0 aliphatic carbocycles.